The first-order valence-corrected chi connectivity index (χ1v) is 5.78. The largest absolute Gasteiger partial charge is 0.423 e. The molecule has 1 aromatic carbocycles. The van der Waals surface area contributed by atoms with E-state index in [0.29, 0.717) is 22.9 Å². The maximum Gasteiger partial charge on any atom is 0.337 e. The van der Waals surface area contributed by atoms with Gasteiger partial charge in [0, 0.05) is 23.5 Å². The second kappa shape index (κ2) is 6.98. The van der Waals surface area contributed by atoms with Gasteiger partial charge in [-0.3, -0.25) is 0 Å². The molecule has 1 rings (SSSR count). The molecule has 0 unspecified atom stereocenters. The van der Waals surface area contributed by atoms with Crippen molar-refractivity contribution in [2.45, 2.75) is 13.8 Å². The Bertz CT molecular complexity index is 500. The van der Waals surface area contributed by atoms with Gasteiger partial charge in [-0.2, -0.15) is 0 Å². The summed E-state index contributed by atoms with van der Waals surface area (Å²) < 4.78 is 9.96. The van der Waals surface area contributed by atoms with Crippen LogP contribution in [0.5, 0.6) is 11.5 Å². The fourth-order valence-corrected chi connectivity index (χ4v) is 1.24. The molecule has 0 aliphatic rings. The number of hydrogen-bond acceptors (Lipinski definition) is 6. The summed E-state index contributed by atoms with van der Waals surface area (Å²) in [5.74, 6) is -0.511. The van der Waals surface area contributed by atoms with E-state index in [-0.39, 0.29) is 0 Å². The topological polar surface area (TPSA) is 105 Å². The van der Waals surface area contributed by atoms with Crippen LogP contribution in [0.15, 0.2) is 47.8 Å². The Kier molecular flexibility index (Phi) is 5.34. The Morgan fingerprint density at radius 3 is 1.40 bits per heavy atom. The Morgan fingerprint density at radius 1 is 0.850 bits per heavy atom. The average molecular weight is 276 g/mol. The summed E-state index contributed by atoms with van der Waals surface area (Å²) in [6, 6.07) is 6.00. The minimum Gasteiger partial charge on any atom is -0.423 e. The van der Waals surface area contributed by atoms with Crippen LogP contribution < -0.4 is 20.9 Å². The van der Waals surface area contributed by atoms with E-state index in [1.165, 1.54) is 36.4 Å². The van der Waals surface area contributed by atoms with E-state index in [4.69, 9.17) is 20.9 Å². The molecule has 0 saturated carbocycles. The fourth-order valence-electron chi connectivity index (χ4n) is 1.24. The van der Waals surface area contributed by atoms with E-state index >= 15 is 0 Å². The summed E-state index contributed by atoms with van der Waals surface area (Å²) in [6.45, 7) is 3.16. The number of nitrogens with two attached hydrogens (primary N) is 2. The molecular formula is C14H16N2O4. The van der Waals surface area contributed by atoms with Gasteiger partial charge < -0.3 is 20.9 Å². The first-order valence-electron chi connectivity index (χ1n) is 5.78. The van der Waals surface area contributed by atoms with Gasteiger partial charge in [0.25, 0.3) is 0 Å². The van der Waals surface area contributed by atoms with Gasteiger partial charge in [-0.05, 0) is 38.1 Å². The van der Waals surface area contributed by atoms with Crippen molar-refractivity contribution in [1.29, 1.82) is 0 Å². The predicted octanol–water partition coefficient (Wildman–Crippen LogP) is 1.22. The molecule has 1 aromatic rings. The molecule has 0 bridgehead atoms. The zero-order valence-electron chi connectivity index (χ0n) is 11.3. The summed E-state index contributed by atoms with van der Waals surface area (Å²) in [4.78, 5) is 22.6. The lowest BCUT2D eigenvalue weighted by atomic mass is 10.3. The van der Waals surface area contributed by atoms with E-state index in [1.54, 1.807) is 13.8 Å². The summed E-state index contributed by atoms with van der Waals surface area (Å²) >= 11 is 0. The number of esters is 2. The molecule has 0 heterocycles. The molecule has 0 spiro atoms. The highest BCUT2D eigenvalue weighted by atomic mass is 16.5. The molecule has 0 aromatic heterocycles. The average Bonchev–Trinajstić information content (AvgIpc) is 2.29. The number of allylic oxidation sites excluding steroid dienone is 2. The zero-order chi connectivity index (χ0) is 15.1. The molecule has 0 fully saturated rings. The van der Waals surface area contributed by atoms with Gasteiger partial charge in [0.2, 0.25) is 0 Å². The van der Waals surface area contributed by atoms with E-state index in [0.717, 1.165) is 0 Å². The molecule has 0 amide bonds. The van der Waals surface area contributed by atoms with E-state index < -0.39 is 11.9 Å². The first kappa shape index (κ1) is 15.3. The van der Waals surface area contributed by atoms with Crippen molar-refractivity contribution in [1.82, 2.24) is 0 Å². The number of carbonyl (C=O) groups is 2. The molecule has 0 saturated heterocycles. The second-order valence-corrected chi connectivity index (χ2v) is 4.09. The molecule has 0 aliphatic carbocycles. The van der Waals surface area contributed by atoms with Gasteiger partial charge in [-0.25, -0.2) is 9.59 Å². The van der Waals surface area contributed by atoms with E-state index in [2.05, 4.69) is 0 Å². The van der Waals surface area contributed by atoms with Gasteiger partial charge in [0.05, 0.1) is 0 Å². The van der Waals surface area contributed by atoms with Crippen molar-refractivity contribution in [3.05, 3.63) is 47.8 Å². The van der Waals surface area contributed by atoms with Gasteiger partial charge in [-0.1, -0.05) is 0 Å². The quantitative estimate of drug-likeness (QED) is 0.486. The van der Waals surface area contributed by atoms with Crippen LogP contribution in [0.25, 0.3) is 0 Å². The van der Waals surface area contributed by atoms with Crippen molar-refractivity contribution in [2.75, 3.05) is 0 Å². The fraction of sp³-hybridized carbons (Fsp3) is 0.143. The van der Waals surface area contributed by atoms with Gasteiger partial charge in [0.1, 0.15) is 11.5 Å². The molecule has 20 heavy (non-hydrogen) atoms. The summed E-state index contributed by atoms with van der Waals surface area (Å²) in [5.41, 5.74) is 11.4. The minimum absolute atomic E-state index is 0.317. The minimum atomic E-state index is -0.573. The number of rotatable bonds is 4. The van der Waals surface area contributed by atoms with Crippen LogP contribution in [-0.2, 0) is 9.59 Å². The van der Waals surface area contributed by atoms with Crippen LogP contribution >= 0.6 is 0 Å². The molecule has 0 atom stereocenters. The first-order chi connectivity index (χ1) is 9.36. The van der Waals surface area contributed by atoms with Crippen LogP contribution in [0.2, 0.25) is 0 Å². The number of hydrogen-bond donors (Lipinski definition) is 2. The molecule has 106 valence electrons. The highest BCUT2D eigenvalue weighted by molar-refractivity contribution is 5.85. The van der Waals surface area contributed by atoms with Crippen molar-refractivity contribution in [3.63, 3.8) is 0 Å². The van der Waals surface area contributed by atoms with E-state index in [9.17, 15) is 9.59 Å². The van der Waals surface area contributed by atoms with Gasteiger partial charge in [-0.15, -0.1) is 0 Å². The van der Waals surface area contributed by atoms with Crippen molar-refractivity contribution in [2.24, 2.45) is 11.5 Å². The molecule has 6 nitrogen and oxygen atoms in total. The lowest BCUT2D eigenvalue weighted by Crippen LogP contribution is -2.08. The predicted molar refractivity (Wildman–Crippen MR) is 73.6 cm³/mol. The van der Waals surface area contributed by atoms with Gasteiger partial charge >= 0.3 is 11.9 Å². The Morgan fingerprint density at radius 2 is 1.15 bits per heavy atom. The highest BCUT2D eigenvalue weighted by Crippen LogP contribution is 2.18. The van der Waals surface area contributed by atoms with E-state index in [1.807, 2.05) is 0 Å². The van der Waals surface area contributed by atoms with Crippen LogP contribution in [0, 0.1) is 0 Å². The summed E-state index contributed by atoms with van der Waals surface area (Å²) in [6.07, 6.45) is 2.34. The van der Waals surface area contributed by atoms with Crippen LogP contribution in [0.4, 0.5) is 0 Å². The SMILES string of the molecule is C/C(N)=C/C(=O)Oc1ccc(OC(=O)/C=C(/C)N)cc1. The monoisotopic (exact) mass is 276 g/mol. The maximum absolute atomic E-state index is 11.3. The number of ether oxygens (including phenoxy) is 2. The van der Waals surface area contributed by atoms with Crippen LogP contribution in [-0.4, -0.2) is 11.9 Å². The smallest absolute Gasteiger partial charge is 0.337 e. The third kappa shape index (κ3) is 5.72. The Hall–Kier alpha value is -2.76. The van der Waals surface area contributed by atoms with Crippen molar-refractivity contribution < 1.29 is 19.1 Å². The van der Waals surface area contributed by atoms with Crippen molar-refractivity contribution >= 4 is 11.9 Å². The lowest BCUT2D eigenvalue weighted by molar-refractivity contribution is -0.130. The Balaban J connectivity index is 2.65. The number of carbonyl (C=O) groups excluding carboxylic acids is 2. The normalized spacial score (nSPS) is 11.9. The third-order valence-corrected chi connectivity index (χ3v) is 1.95. The van der Waals surface area contributed by atoms with Gasteiger partial charge in [0.15, 0.2) is 0 Å². The standard InChI is InChI=1S/C14H16N2O4/c1-9(15)7-13(17)19-11-3-5-12(6-4-11)20-14(18)8-10(2)16/h3-8H,15-16H2,1-2H3/b9-7-,10-8-. The van der Waals surface area contributed by atoms with Crippen molar-refractivity contribution in [3.8, 4) is 11.5 Å². The third-order valence-electron chi connectivity index (χ3n) is 1.95. The van der Waals surface area contributed by atoms with Crippen LogP contribution in [0.3, 0.4) is 0 Å². The highest BCUT2D eigenvalue weighted by Gasteiger charge is 2.04. The summed E-state index contributed by atoms with van der Waals surface area (Å²) in [5, 5.41) is 0. The molecule has 0 aliphatic heterocycles. The lowest BCUT2D eigenvalue weighted by Gasteiger charge is -2.04. The zero-order valence-corrected chi connectivity index (χ0v) is 11.3. The Labute approximate surface area is 116 Å². The van der Waals surface area contributed by atoms with Crippen LogP contribution in [0.1, 0.15) is 13.8 Å². The molecule has 6 heteroatoms. The second-order valence-electron chi connectivity index (χ2n) is 4.09. The maximum atomic E-state index is 11.3. The molecule has 0 radical (unpaired) electrons. The summed E-state index contributed by atoms with van der Waals surface area (Å²) in [7, 11) is 0. The molecule has 4 N–H and O–H groups in total. The molecular weight excluding hydrogens is 260 g/mol. The number of benzene rings is 1.